The van der Waals surface area contributed by atoms with Crippen molar-refractivity contribution in [3.05, 3.63) is 68.9 Å². The number of halogens is 2. The number of fused-ring (bicyclic) bond motifs is 1. The molecule has 0 spiro atoms. The highest BCUT2D eigenvalue weighted by Gasteiger charge is 2.20. The summed E-state index contributed by atoms with van der Waals surface area (Å²) in [5, 5.41) is 0.489. The lowest BCUT2D eigenvalue weighted by Crippen LogP contribution is -2.40. The third kappa shape index (κ3) is 4.56. The van der Waals surface area contributed by atoms with Crippen molar-refractivity contribution in [3.63, 3.8) is 0 Å². The summed E-state index contributed by atoms with van der Waals surface area (Å²) in [7, 11) is 0. The molecule has 1 heterocycles. The number of ether oxygens (including phenoxy) is 1. The number of benzene rings is 2. The van der Waals surface area contributed by atoms with Crippen molar-refractivity contribution in [1.29, 1.82) is 0 Å². The predicted molar refractivity (Wildman–Crippen MR) is 108 cm³/mol. The van der Waals surface area contributed by atoms with Crippen LogP contribution in [-0.2, 0) is 11.3 Å². The smallest absolute Gasteiger partial charge is 0.261 e. The van der Waals surface area contributed by atoms with Gasteiger partial charge in [-0.25, -0.2) is 9.37 Å². The number of nitrogens with zero attached hydrogens (tertiary/aromatic N) is 2. The monoisotopic (exact) mass is 447 g/mol. The predicted octanol–water partition coefficient (Wildman–Crippen LogP) is 3.64. The molecule has 3 aromatic rings. The lowest BCUT2D eigenvalue weighted by Gasteiger charge is -2.26. The summed E-state index contributed by atoms with van der Waals surface area (Å²) in [6.07, 6.45) is 0. The van der Waals surface area contributed by atoms with E-state index in [0.29, 0.717) is 21.2 Å². The zero-order valence-electron chi connectivity index (χ0n) is 15.4. The Labute approximate surface area is 169 Å². The van der Waals surface area contributed by atoms with Crippen LogP contribution >= 0.6 is 15.9 Å². The molecular weight excluding hydrogens is 429 g/mol. The fourth-order valence-electron chi connectivity index (χ4n) is 2.74. The Hall–Kier alpha value is -2.74. The number of rotatable bonds is 6. The molecular formula is C20H19BrFN3O3. The Bertz CT molecular complexity index is 1070. The van der Waals surface area contributed by atoms with E-state index in [-0.39, 0.29) is 36.4 Å². The van der Waals surface area contributed by atoms with Gasteiger partial charge in [-0.05, 0) is 44.2 Å². The van der Waals surface area contributed by atoms with Crippen molar-refractivity contribution in [3.8, 4) is 5.75 Å². The molecule has 1 aromatic heterocycles. The molecule has 28 heavy (non-hydrogen) atoms. The van der Waals surface area contributed by atoms with Crippen LogP contribution in [0.4, 0.5) is 4.39 Å². The van der Waals surface area contributed by atoms with Crippen LogP contribution in [0.15, 0.2) is 51.7 Å². The zero-order chi connectivity index (χ0) is 20.3. The van der Waals surface area contributed by atoms with Gasteiger partial charge in [0.15, 0.2) is 18.2 Å². The van der Waals surface area contributed by atoms with Gasteiger partial charge in [0.1, 0.15) is 5.82 Å². The summed E-state index contributed by atoms with van der Waals surface area (Å²) in [5.41, 5.74) is 0.301. The summed E-state index contributed by atoms with van der Waals surface area (Å²) >= 11 is 3.17. The Balaban J connectivity index is 1.76. The Morgan fingerprint density at radius 2 is 2.04 bits per heavy atom. The van der Waals surface area contributed by atoms with E-state index in [9.17, 15) is 14.0 Å². The van der Waals surface area contributed by atoms with E-state index < -0.39 is 5.82 Å². The maximum absolute atomic E-state index is 13.9. The largest absolute Gasteiger partial charge is 0.481 e. The van der Waals surface area contributed by atoms with Crippen LogP contribution in [-0.4, -0.2) is 33.4 Å². The van der Waals surface area contributed by atoms with Gasteiger partial charge in [-0.3, -0.25) is 9.59 Å². The van der Waals surface area contributed by atoms with Crippen LogP contribution in [0.25, 0.3) is 10.9 Å². The van der Waals surface area contributed by atoms with Crippen LogP contribution in [0.2, 0.25) is 0 Å². The summed E-state index contributed by atoms with van der Waals surface area (Å²) in [6, 6.07) is 11.2. The van der Waals surface area contributed by atoms with Crippen molar-refractivity contribution < 1.29 is 13.9 Å². The fraction of sp³-hybridized carbons (Fsp3) is 0.250. The Morgan fingerprint density at radius 3 is 2.75 bits per heavy atom. The van der Waals surface area contributed by atoms with E-state index in [1.807, 2.05) is 13.8 Å². The van der Waals surface area contributed by atoms with Gasteiger partial charge in [0.05, 0.1) is 17.4 Å². The number of hydrogen-bond donors (Lipinski definition) is 1. The van der Waals surface area contributed by atoms with Gasteiger partial charge in [0.2, 0.25) is 0 Å². The van der Waals surface area contributed by atoms with Crippen LogP contribution in [0.3, 0.4) is 0 Å². The lowest BCUT2D eigenvalue weighted by molar-refractivity contribution is -0.135. The van der Waals surface area contributed by atoms with Crippen molar-refractivity contribution in [1.82, 2.24) is 14.9 Å². The maximum Gasteiger partial charge on any atom is 0.261 e. The highest BCUT2D eigenvalue weighted by Crippen LogP contribution is 2.21. The number of para-hydroxylation sites is 1. The van der Waals surface area contributed by atoms with E-state index in [4.69, 9.17) is 4.74 Å². The first kappa shape index (κ1) is 20.0. The molecule has 1 amide bonds. The second kappa shape index (κ2) is 8.52. The number of carbonyl (C=O) groups excluding carboxylic acids is 1. The first-order chi connectivity index (χ1) is 13.3. The average Bonchev–Trinajstić information content (AvgIpc) is 2.65. The van der Waals surface area contributed by atoms with E-state index in [1.54, 1.807) is 30.3 Å². The Morgan fingerprint density at radius 1 is 1.29 bits per heavy atom. The van der Waals surface area contributed by atoms with Gasteiger partial charge in [-0.1, -0.05) is 28.1 Å². The summed E-state index contributed by atoms with van der Waals surface area (Å²) < 4.78 is 19.8. The number of nitrogens with one attached hydrogen (secondary N) is 1. The van der Waals surface area contributed by atoms with Gasteiger partial charge in [-0.2, -0.15) is 0 Å². The third-order valence-electron chi connectivity index (χ3n) is 4.17. The molecule has 0 saturated carbocycles. The molecule has 0 atom stereocenters. The number of aromatic nitrogens is 2. The molecule has 2 aromatic carbocycles. The SMILES string of the molecule is CC(C)N(Cc1nc2ccccc2c(=O)[nH]1)C(=O)COc1ccc(Br)cc1F. The molecule has 3 rings (SSSR count). The minimum atomic E-state index is -0.557. The summed E-state index contributed by atoms with van der Waals surface area (Å²) in [4.78, 5) is 33.5. The third-order valence-corrected chi connectivity index (χ3v) is 4.66. The van der Waals surface area contributed by atoms with Gasteiger partial charge in [0.25, 0.3) is 11.5 Å². The molecule has 0 aliphatic heterocycles. The minimum Gasteiger partial charge on any atom is -0.481 e. The molecule has 0 saturated heterocycles. The van der Waals surface area contributed by atoms with Crippen LogP contribution in [0.5, 0.6) is 5.75 Å². The first-order valence-electron chi connectivity index (χ1n) is 8.70. The van der Waals surface area contributed by atoms with Gasteiger partial charge in [0, 0.05) is 10.5 Å². The summed E-state index contributed by atoms with van der Waals surface area (Å²) in [6.45, 7) is 3.48. The Kier molecular flexibility index (Phi) is 6.08. The minimum absolute atomic E-state index is 0.00232. The van der Waals surface area contributed by atoms with E-state index in [2.05, 4.69) is 25.9 Å². The molecule has 146 valence electrons. The van der Waals surface area contributed by atoms with E-state index >= 15 is 0 Å². The normalized spacial score (nSPS) is 11.0. The fourth-order valence-corrected chi connectivity index (χ4v) is 3.08. The van der Waals surface area contributed by atoms with Crippen molar-refractivity contribution in [2.24, 2.45) is 0 Å². The maximum atomic E-state index is 13.9. The van der Waals surface area contributed by atoms with Crippen LogP contribution in [0, 0.1) is 5.82 Å². The molecule has 8 heteroatoms. The van der Waals surface area contributed by atoms with Crippen LogP contribution in [0.1, 0.15) is 19.7 Å². The number of aromatic amines is 1. The van der Waals surface area contributed by atoms with E-state index in [1.165, 1.54) is 17.0 Å². The second-order valence-electron chi connectivity index (χ2n) is 6.51. The topological polar surface area (TPSA) is 75.3 Å². The average molecular weight is 448 g/mol. The number of hydrogen-bond acceptors (Lipinski definition) is 4. The molecule has 1 N–H and O–H groups in total. The number of amides is 1. The highest BCUT2D eigenvalue weighted by molar-refractivity contribution is 9.10. The number of carbonyl (C=O) groups is 1. The lowest BCUT2D eigenvalue weighted by atomic mass is 10.2. The molecule has 0 fully saturated rings. The first-order valence-corrected chi connectivity index (χ1v) is 9.49. The van der Waals surface area contributed by atoms with E-state index in [0.717, 1.165) is 0 Å². The molecule has 0 aliphatic rings. The standard InChI is InChI=1S/C20H19BrFN3O3/c1-12(2)25(19(26)11-28-17-8-7-13(21)9-15(17)22)10-18-23-16-6-4-3-5-14(16)20(27)24-18/h3-9,12H,10-11H2,1-2H3,(H,23,24,27). The molecule has 0 aliphatic carbocycles. The number of H-pyrrole nitrogens is 1. The highest BCUT2D eigenvalue weighted by atomic mass is 79.9. The molecule has 0 bridgehead atoms. The van der Waals surface area contributed by atoms with Crippen molar-refractivity contribution in [2.45, 2.75) is 26.4 Å². The molecule has 6 nitrogen and oxygen atoms in total. The zero-order valence-corrected chi connectivity index (χ0v) is 17.0. The quantitative estimate of drug-likeness (QED) is 0.625. The van der Waals surface area contributed by atoms with Crippen molar-refractivity contribution in [2.75, 3.05) is 6.61 Å². The van der Waals surface area contributed by atoms with Crippen molar-refractivity contribution >= 4 is 32.7 Å². The molecule has 0 unspecified atom stereocenters. The second-order valence-corrected chi connectivity index (χ2v) is 7.42. The van der Waals surface area contributed by atoms with Gasteiger partial charge >= 0.3 is 0 Å². The molecule has 0 radical (unpaired) electrons. The van der Waals surface area contributed by atoms with Gasteiger partial charge in [-0.15, -0.1) is 0 Å². The van der Waals surface area contributed by atoms with Crippen LogP contribution < -0.4 is 10.3 Å². The summed E-state index contributed by atoms with van der Waals surface area (Å²) in [5.74, 6) is -0.523. The van der Waals surface area contributed by atoms with Gasteiger partial charge < -0.3 is 14.6 Å².